The summed E-state index contributed by atoms with van der Waals surface area (Å²) < 4.78 is 0. The maximum atomic E-state index is 12.7. The van der Waals surface area contributed by atoms with Crippen LogP contribution in [0.1, 0.15) is 68.1 Å². The van der Waals surface area contributed by atoms with E-state index >= 15 is 0 Å². The fourth-order valence-electron chi connectivity index (χ4n) is 4.27. The summed E-state index contributed by atoms with van der Waals surface area (Å²) in [5.41, 5.74) is 0.879. The van der Waals surface area contributed by atoms with Crippen molar-refractivity contribution < 1.29 is 19.5 Å². The van der Waals surface area contributed by atoms with Crippen LogP contribution < -0.4 is 10.6 Å². The van der Waals surface area contributed by atoms with Crippen molar-refractivity contribution in [3.63, 3.8) is 0 Å². The molecule has 2 unspecified atom stereocenters. The number of carbonyl (C=O) groups excluding carboxylic acids is 2. The van der Waals surface area contributed by atoms with Crippen molar-refractivity contribution in [1.82, 2.24) is 5.32 Å². The molecule has 0 aliphatic heterocycles. The Morgan fingerprint density at radius 2 is 1.48 bits per heavy atom. The molecule has 2 amide bonds. The van der Waals surface area contributed by atoms with E-state index in [1.165, 1.54) is 6.42 Å². The lowest BCUT2D eigenvalue weighted by molar-refractivity contribution is -0.147. The Labute approximate surface area is 159 Å². The fraction of sp³-hybridized carbons (Fsp3) is 0.571. The van der Waals surface area contributed by atoms with Gasteiger partial charge >= 0.3 is 5.97 Å². The van der Waals surface area contributed by atoms with Gasteiger partial charge in [-0.3, -0.25) is 14.4 Å². The van der Waals surface area contributed by atoms with Gasteiger partial charge in [-0.2, -0.15) is 0 Å². The van der Waals surface area contributed by atoms with Crippen LogP contribution in [0.25, 0.3) is 0 Å². The summed E-state index contributed by atoms with van der Waals surface area (Å²) in [5, 5.41) is 15.3. The van der Waals surface area contributed by atoms with Gasteiger partial charge in [0.1, 0.15) is 0 Å². The summed E-state index contributed by atoms with van der Waals surface area (Å²) in [6.45, 7) is 0. The molecule has 2 atom stereocenters. The molecule has 146 valence electrons. The van der Waals surface area contributed by atoms with Gasteiger partial charge in [0, 0.05) is 6.04 Å². The molecular formula is C21H28N2O4. The molecule has 3 N–H and O–H groups in total. The predicted octanol–water partition coefficient (Wildman–Crippen LogP) is 3.58. The highest BCUT2D eigenvalue weighted by Gasteiger charge is 2.36. The second-order valence-electron chi connectivity index (χ2n) is 7.68. The van der Waals surface area contributed by atoms with E-state index in [1.807, 2.05) is 0 Å². The Kier molecular flexibility index (Phi) is 6.48. The van der Waals surface area contributed by atoms with E-state index < -0.39 is 17.8 Å². The number of carboxylic acids is 1. The first kappa shape index (κ1) is 19.4. The molecule has 0 spiro atoms. The number of rotatable bonds is 5. The first-order valence-corrected chi connectivity index (χ1v) is 10.00. The summed E-state index contributed by atoms with van der Waals surface area (Å²) >= 11 is 0. The lowest BCUT2D eigenvalue weighted by Crippen LogP contribution is -2.38. The number of hydrogen-bond donors (Lipinski definition) is 3. The molecule has 2 aliphatic rings. The third-order valence-electron chi connectivity index (χ3n) is 5.79. The highest BCUT2D eigenvalue weighted by molar-refractivity contribution is 6.04. The Bertz CT molecular complexity index is 697. The van der Waals surface area contributed by atoms with E-state index in [9.17, 15) is 19.5 Å². The summed E-state index contributed by atoms with van der Waals surface area (Å²) in [6, 6.07) is 7.12. The van der Waals surface area contributed by atoms with E-state index in [0.29, 0.717) is 24.1 Å². The topological polar surface area (TPSA) is 95.5 Å². The van der Waals surface area contributed by atoms with Gasteiger partial charge in [-0.05, 0) is 37.8 Å². The molecule has 0 bridgehead atoms. The van der Waals surface area contributed by atoms with E-state index in [1.54, 1.807) is 24.3 Å². The molecule has 2 aliphatic carbocycles. The number of carbonyl (C=O) groups is 3. The number of anilines is 1. The zero-order chi connectivity index (χ0) is 19.2. The molecular weight excluding hydrogens is 344 g/mol. The van der Waals surface area contributed by atoms with Crippen LogP contribution in [0.4, 0.5) is 5.69 Å². The van der Waals surface area contributed by atoms with Gasteiger partial charge in [-0.15, -0.1) is 0 Å². The van der Waals surface area contributed by atoms with Gasteiger partial charge in [0.05, 0.1) is 23.1 Å². The van der Waals surface area contributed by atoms with E-state index in [4.69, 9.17) is 0 Å². The molecule has 0 heterocycles. The molecule has 6 heteroatoms. The standard InChI is InChI=1S/C21H28N2O4/c24-19(15-10-4-5-11-16(15)21(26)27)23-18-13-7-6-12-17(18)20(25)22-14-8-2-1-3-9-14/h6-7,12-16H,1-5,8-11H2,(H,22,25)(H,23,24)(H,26,27). The number of benzene rings is 1. The van der Waals surface area contributed by atoms with Gasteiger partial charge in [0.25, 0.3) is 5.91 Å². The maximum Gasteiger partial charge on any atom is 0.307 e. The molecule has 2 saturated carbocycles. The van der Waals surface area contributed by atoms with Crippen molar-refractivity contribution >= 4 is 23.5 Å². The number of amides is 2. The van der Waals surface area contributed by atoms with Gasteiger partial charge in [0.2, 0.25) is 5.91 Å². The highest BCUT2D eigenvalue weighted by Crippen LogP contribution is 2.31. The van der Waals surface area contributed by atoms with Crippen LogP contribution in [-0.4, -0.2) is 28.9 Å². The highest BCUT2D eigenvalue weighted by atomic mass is 16.4. The van der Waals surface area contributed by atoms with Crippen molar-refractivity contribution in [2.24, 2.45) is 11.8 Å². The summed E-state index contributed by atoms with van der Waals surface area (Å²) in [7, 11) is 0. The number of nitrogens with one attached hydrogen (secondary N) is 2. The monoisotopic (exact) mass is 372 g/mol. The minimum absolute atomic E-state index is 0.184. The molecule has 1 aromatic carbocycles. The van der Waals surface area contributed by atoms with Crippen LogP contribution in [0.2, 0.25) is 0 Å². The normalized spacial score (nSPS) is 23.4. The van der Waals surface area contributed by atoms with Crippen molar-refractivity contribution in [3.8, 4) is 0 Å². The Morgan fingerprint density at radius 3 is 2.19 bits per heavy atom. The average molecular weight is 372 g/mol. The molecule has 1 aromatic rings. The Balaban J connectivity index is 1.70. The Hall–Kier alpha value is -2.37. The zero-order valence-corrected chi connectivity index (χ0v) is 15.6. The van der Waals surface area contributed by atoms with Crippen molar-refractivity contribution in [3.05, 3.63) is 29.8 Å². The minimum atomic E-state index is -0.918. The largest absolute Gasteiger partial charge is 0.481 e. The van der Waals surface area contributed by atoms with Crippen LogP contribution >= 0.6 is 0 Å². The molecule has 0 radical (unpaired) electrons. The van der Waals surface area contributed by atoms with Gasteiger partial charge in [0.15, 0.2) is 0 Å². The van der Waals surface area contributed by atoms with E-state index in [2.05, 4.69) is 10.6 Å². The zero-order valence-electron chi connectivity index (χ0n) is 15.6. The lowest BCUT2D eigenvalue weighted by atomic mass is 9.78. The summed E-state index contributed by atoms with van der Waals surface area (Å²) in [6.07, 6.45) is 8.23. The van der Waals surface area contributed by atoms with Gasteiger partial charge in [-0.1, -0.05) is 44.2 Å². The van der Waals surface area contributed by atoms with Crippen molar-refractivity contribution in [2.45, 2.75) is 63.8 Å². The number of para-hydroxylation sites is 1. The smallest absolute Gasteiger partial charge is 0.307 e. The number of hydrogen-bond acceptors (Lipinski definition) is 3. The minimum Gasteiger partial charge on any atom is -0.481 e. The lowest BCUT2D eigenvalue weighted by Gasteiger charge is -2.28. The molecule has 0 saturated heterocycles. The van der Waals surface area contributed by atoms with E-state index in [0.717, 1.165) is 38.5 Å². The molecule has 0 aromatic heterocycles. The number of aliphatic carboxylic acids is 1. The molecule has 3 rings (SSSR count). The van der Waals surface area contributed by atoms with Crippen LogP contribution in [0.15, 0.2) is 24.3 Å². The van der Waals surface area contributed by atoms with Gasteiger partial charge < -0.3 is 15.7 Å². The summed E-state index contributed by atoms with van der Waals surface area (Å²) in [4.78, 5) is 36.9. The molecule has 27 heavy (non-hydrogen) atoms. The average Bonchev–Trinajstić information content (AvgIpc) is 2.69. The predicted molar refractivity (Wildman–Crippen MR) is 102 cm³/mol. The third-order valence-corrected chi connectivity index (χ3v) is 5.79. The van der Waals surface area contributed by atoms with Gasteiger partial charge in [-0.25, -0.2) is 0 Å². The second-order valence-corrected chi connectivity index (χ2v) is 7.68. The maximum absolute atomic E-state index is 12.7. The number of carboxylic acid groups (broad SMARTS) is 1. The Morgan fingerprint density at radius 1 is 0.852 bits per heavy atom. The van der Waals surface area contributed by atoms with Crippen LogP contribution in [0.3, 0.4) is 0 Å². The van der Waals surface area contributed by atoms with E-state index in [-0.39, 0.29) is 17.9 Å². The van der Waals surface area contributed by atoms with Crippen molar-refractivity contribution in [2.75, 3.05) is 5.32 Å². The third kappa shape index (κ3) is 4.87. The van der Waals surface area contributed by atoms with Crippen LogP contribution in [-0.2, 0) is 9.59 Å². The first-order chi connectivity index (χ1) is 13.1. The first-order valence-electron chi connectivity index (χ1n) is 10.00. The molecule has 6 nitrogen and oxygen atoms in total. The summed E-state index contributed by atoms with van der Waals surface area (Å²) in [5.74, 6) is -2.61. The van der Waals surface area contributed by atoms with Crippen LogP contribution in [0, 0.1) is 11.8 Å². The van der Waals surface area contributed by atoms with Crippen LogP contribution in [0.5, 0.6) is 0 Å². The molecule has 2 fully saturated rings. The quantitative estimate of drug-likeness (QED) is 0.736. The fourth-order valence-corrected chi connectivity index (χ4v) is 4.27. The SMILES string of the molecule is O=C(NC1CCCCC1)c1ccccc1NC(=O)C1CCCCC1C(=O)O. The second kappa shape index (κ2) is 9.02. The van der Waals surface area contributed by atoms with Crippen molar-refractivity contribution in [1.29, 1.82) is 0 Å².